The number of hydrogen-bond acceptors (Lipinski definition) is 3. The molecular weight excluding hydrogens is 239 g/mol. The zero-order chi connectivity index (χ0) is 9.68. The highest BCUT2D eigenvalue weighted by atomic mass is 35.5. The van der Waals surface area contributed by atoms with Crippen LogP contribution in [-0.4, -0.2) is 60.1 Å². The number of carboxylic acids is 1. The fourth-order valence-electron chi connectivity index (χ4n) is 1.58. The van der Waals surface area contributed by atoms with Gasteiger partial charge in [0.25, 0.3) is 0 Å². The summed E-state index contributed by atoms with van der Waals surface area (Å²) in [4.78, 5) is 14.9. The predicted octanol–water partition coefficient (Wildman–Crippen LogP) is 0.942. The van der Waals surface area contributed by atoms with Crippen molar-refractivity contribution in [2.75, 3.05) is 39.3 Å². The highest BCUT2D eigenvalue weighted by Crippen LogP contribution is 2.01. The van der Waals surface area contributed by atoms with Crippen LogP contribution in [-0.2, 0) is 4.79 Å². The topological polar surface area (TPSA) is 43.8 Å². The normalized spacial score (nSPS) is 17.7. The SMILES string of the molecule is CCN1CCN(CCC(=O)O)CC1.Cl.Cl. The van der Waals surface area contributed by atoms with Crippen molar-refractivity contribution in [2.24, 2.45) is 0 Å². The van der Waals surface area contributed by atoms with Gasteiger partial charge in [0, 0.05) is 32.7 Å². The van der Waals surface area contributed by atoms with E-state index in [4.69, 9.17) is 5.11 Å². The van der Waals surface area contributed by atoms with Crippen LogP contribution in [0.2, 0.25) is 0 Å². The summed E-state index contributed by atoms with van der Waals surface area (Å²) in [5.41, 5.74) is 0. The summed E-state index contributed by atoms with van der Waals surface area (Å²) in [5.74, 6) is -0.696. The maximum Gasteiger partial charge on any atom is 0.304 e. The van der Waals surface area contributed by atoms with Gasteiger partial charge in [0.05, 0.1) is 6.42 Å². The van der Waals surface area contributed by atoms with Crippen LogP contribution in [0, 0.1) is 0 Å². The molecule has 1 rings (SSSR count). The molecule has 0 aromatic rings. The minimum atomic E-state index is -0.696. The van der Waals surface area contributed by atoms with Gasteiger partial charge >= 0.3 is 5.97 Å². The molecule has 92 valence electrons. The van der Waals surface area contributed by atoms with Gasteiger partial charge in [0.15, 0.2) is 0 Å². The highest BCUT2D eigenvalue weighted by Gasteiger charge is 2.15. The summed E-state index contributed by atoms with van der Waals surface area (Å²) in [6.45, 7) is 8.15. The van der Waals surface area contributed by atoms with Crippen molar-refractivity contribution in [3.63, 3.8) is 0 Å². The summed E-state index contributed by atoms with van der Waals surface area (Å²) in [6, 6.07) is 0. The lowest BCUT2D eigenvalue weighted by Gasteiger charge is -2.33. The van der Waals surface area contributed by atoms with E-state index >= 15 is 0 Å². The van der Waals surface area contributed by atoms with Crippen LogP contribution >= 0.6 is 24.8 Å². The Morgan fingerprint density at radius 3 is 2.00 bits per heavy atom. The van der Waals surface area contributed by atoms with E-state index in [1.165, 1.54) is 0 Å². The molecule has 0 atom stereocenters. The fraction of sp³-hybridized carbons (Fsp3) is 0.889. The molecule has 0 aliphatic carbocycles. The van der Waals surface area contributed by atoms with Gasteiger partial charge in [-0.25, -0.2) is 0 Å². The van der Waals surface area contributed by atoms with Crippen molar-refractivity contribution in [1.29, 1.82) is 0 Å². The molecule has 4 nitrogen and oxygen atoms in total. The Labute approximate surface area is 103 Å². The molecular formula is C9H20Cl2N2O2. The summed E-state index contributed by atoms with van der Waals surface area (Å²) >= 11 is 0. The minimum absolute atomic E-state index is 0. The van der Waals surface area contributed by atoms with Crippen LogP contribution in [0.25, 0.3) is 0 Å². The third kappa shape index (κ3) is 6.95. The van der Waals surface area contributed by atoms with Crippen LogP contribution in [0.15, 0.2) is 0 Å². The first-order valence-electron chi connectivity index (χ1n) is 4.89. The zero-order valence-corrected chi connectivity index (χ0v) is 10.6. The number of likely N-dealkylation sites (N-methyl/N-ethyl adjacent to an activating group) is 1. The Kier molecular flexibility index (Phi) is 10.7. The van der Waals surface area contributed by atoms with Gasteiger partial charge in [-0.3, -0.25) is 4.79 Å². The van der Waals surface area contributed by atoms with E-state index < -0.39 is 5.97 Å². The number of hydrogen-bond donors (Lipinski definition) is 1. The first-order valence-corrected chi connectivity index (χ1v) is 4.89. The van der Waals surface area contributed by atoms with Crippen LogP contribution in [0.3, 0.4) is 0 Å². The highest BCUT2D eigenvalue weighted by molar-refractivity contribution is 5.85. The summed E-state index contributed by atoms with van der Waals surface area (Å²) in [6.07, 6.45) is 0.270. The van der Waals surface area contributed by atoms with E-state index in [0.717, 1.165) is 32.7 Å². The van der Waals surface area contributed by atoms with Gasteiger partial charge in [-0.1, -0.05) is 6.92 Å². The molecule has 1 aliphatic rings. The molecule has 0 aromatic carbocycles. The van der Waals surface area contributed by atoms with Crippen molar-refractivity contribution in [2.45, 2.75) is 13.3 Å². The van der Waals surface area contributed by atoms with E-state index in [-0.39, 0.29) is 31.2 Å². The van der Waals surface area contributed by atoms with Gasteiger partial charge in [-0.15, -0.1) is 24.8 Å². The molecule has 0 spiro atoms. The number of piperazine rings is 1. The molecule has 6 heteroatoms. The van der Waals surface area contributed by atoms with Gasteiger partial charge in [-0.2, -0.15) is 0 Å². The van der Waals surface area contributed by atoms with Crippen molar-refractivity contribution < 1.29 is 9.90 Å². The Morgan fingerprint density at radius 1 is 1.13 bits per heavy atom. The largest absolute Gasteiger partial charge is 0.481 e. The number of carboxylic acid groups (broad SMARTS) is 1. The molecule has 1 saturated heterocycles. The van der Waals surface area contributed by atoms with E-state index in [0.29, 0.717) is 6.54 Å². The van der Waals surface area contributed by atoms with Crippen molar-refractivity contribution in [3.05, 3.63) is 0 Å². The first kappa shape index (κ1) is 17.4. The summed E-state index contributed by atoms with van der Waals surface area (Å²) in [5, 5.41) is 8.51. The van der Waals surface area contributed by atoms with Gasteiger partial charge < -0.3 is 14.9 Å². The van der Waals surface area contributed by atoms with Crippen LogP contribution in [0.1, 0.15) is 13.3 Å². The minimum Gasteiger partial charge on any atom is -0.481 e. The number of carbonyl (C=O) groups is 1. The Balaban J connectivity index is 0. The lowest BCUT2D eigenvalue weighted by molar-refractivity contribution is -0.137. The van der Waals surface area contributed by atoms with E-state index in [1.54, 1.807) is 0 Å². The standard InChI is InChI=1S/C9H18N2O2.2ClH/c1-2-10-5-7-11(8-6-10)4-3-9(12)13;;/h2-8H2,1H3,(H,12,13);2*1H. The average molecular weight is 259 g/mol. The maximum absolute atomic E-state index is 10.3. The van der Waals surface area contributed by atoms with Gasteiger partial charge in [0.1, 0.15) is 0 Å². The third-order valence-corrected chi connectivity index (χ3v) is 2.55. The molecule has 1 N–H and O–H groups in total. The number of nitrogens with zero attached hydrogens (tertiary/aromatic N) is 2. The Morgan fingerprint density at radius 2 is 1.60 bits per heavy atom. The predicted molar refractivity (Wildman–Crippen MR) is 65.3 cm³/mol. The molecule has 0 unspecified atom stereocenters. The number of aliphatic carboxylic acids is 1. The first-order chi connectivity index (χ1) is 6.22. The average Bonchev–Trinajstić information content (AvgIpc) is 2.15. The van der Waals surface area contributed by atoms with Gasteiger partial charge in [-0.05, 0) is 6.54 Å². The fourth-order valence-corrected chi connectivity index (χ4v) is 1.58. The molecule has 1 heterocycles. The monoisotopic (exact) mass is 258 g/mol. The van der Waals surface area contributed by atoms with E-state index in [2.05, 4.69) is 16.7 Å². The number of rotatable bonds is 4. The quantitative estimate of drug-likeness (QED) is 0.816. The van der Waals surface area contributed by atoms with Gasteiger partial charge in [0.2, 0.25) is 0 Å². The summed E-state index contributed by atoms with van der Waals surface area (Å²) < 4.78 is 0. The molecule has 1 aliphatic heterocycles. The van der Waals surface area contributed by atoms with Crippen molar-refractivity contribution in [1.82, 2.24) is 9.80 Å². The van der Waals surface area contributed by atoms with Crippen LogP contribution in [0.4, 0.5) is 0 Å². The second kappa shape index (κ2) is 9.21. The second-order valence-corrected chi connectivity index (χ2v) is 3.42. The van der Waals surface area contributed by atoms with Crippen LogP contribution in [0.5, 0.6) is 0 Å². The molecule has 1 fully saturated rings. The van der Waals surface area contributed by atoms with Crippen molar-refractivity contribution in [3.8, 4) is 0 Å². The van der Waals surface area contributed by atoms with E-state index in [9.17, 15) is 4.79 Å². The Hall–Kier alpha value is -0.0300. The van der Waals surface area contributed by atoms with Crippen LogP contribution < -0.4 is 0 Å². The Bertz CT molecular complexity index is 173. The number of halogens is 2. The molecule has 0 aromatic heterocycles. The molecule has 0 amide bonds. The molecule has 0 saturated carbocycles. The molecule has 15 heavy (non-hydrogen) atoms. The van der Waals surface area contributed by atoms with E-state index in [1.807, 2.05) is 0 Å². The second-order valence-electron chi connectivity index (χ2n) is 3.42. The smallest absolute Gasteiger partial charge is 0.304 e. The lowest BCUT2D eigenvalue weighted by Crippen LogP contribution is -2.46. The third-order valence-electron chi connectivity index (χ3n) is 2.55. The lowest BCUT2D eigenvalue weighted by atomic mass is 10.3. The van der Waals surface area contributed by atoms with Crippen molar-refractivity contribution >= 4 is 30.8 Å². The molecule has 0 bridgehead atoms. The summed E-state index contributed by atoms with van der Waals surface area (Å²) in [7, 11) is 0. The molecule has 0 radical (unpaired) electrons. The zero-order valence-electron chi connectivity index (χ0n) is 9.02. The maximum atomic E-state index is 10.3.